The molecule has 0 spiro atoms. The van der Waals surface area contributed by atoms with Gasteiger partial charge in [0.25, 0.3) is 0 Å². The van der Waals surface area contributed by atoms with E-state index in [1.165, 1.54) is 12.1 Å². The molecular formula is C17H18F6O. The van der Waals surface area contributed by atoms with Gasteiger partial charge < -0.3 is 5.11 Å². The van der Waals surface area contributed by atoms with Gasteiger partial charge in [-0.2, -0.15) is 26.3 Å². The summed E-state index contributed by atoms with van der Waals surface area (Å²) in [5.74, 6) is -0.249. The van der Waals surface area contributed by atoms with Gasteiger partial charge in [0.15, 0.2) is 0 Å². The van der Waals surface area contributed by atoms with Crippen molar-refractivity contribution in [1.29, 1.82) is 0 Å². The summed E-state index contributed by atoms with van der Waals surface area (Å²) in [5.41, 5.74) is -1.14. The van der Waals surface area contributed by atoms with E-state index in [0.29, 0.717) is 24.0 Å². The molecule has 2 saturated carbocycles. The lowest BCUT2D eigenvalue weighted by Gasteiger charge is -2.25. The Morgan fingerprint density at radius 1 is 0.833 bits per heavy atom. The average Bonchev–Trinajstić information content (AvgIpc) is 3.25. The first-order chi connectivity index (χ1) is 10.9. The molecule has 1 nitrogen and oxygen atoms in total. The van der Waals surface area contributed by atoms with Gasteiger partial charge in [0, 0.05) is 16.4 Å². The zero-order valence-electron chi connectivity index (χ0n) is 13.1. The topological polar surface area (TPSA) is 20.2 Å². The molecule has 0 unspecified atom stereocenters. The van der Waals surface area contributed by atoms with E-state index in [-0.39, 0.29) is 24.2 Å². The monoisotopic (exact) mass is 352 g/mol. The maximum atomic E-state index is 12.9. The van der Waals surface area contributed by atoms with Crippen molar-refractivity contribution in [3.05, 3.63) is 28.8 Å². The lowest BCUT2D eigenvalue weighted by molar-refractivity contribution is -0.141. The number of rotatable bonds is 4. The number of halogens is 6. The number of aryl methyl sites for hydroxylation is 1. The van der Waals surface area contributed by atoms with Gasteiger partial charge in [-0.15, -0.1) is 0 Å². The summed E-state index contributed by atoms with van der Waals surface area (Å²) in [4.78, 5) is 0. The van der Waals surface area contributed by atoms with E-state index < -0.39 is 36.0 Å². The highest BCUT2D eigenvalue weighted by Crippen LogP contribution is 2.60. The number of hydrogen-bond donors (Lipinski definition) is 1. The summed E-state index contributed by atoms with van der Waals surface area (Å²) in [5, 5.41) is 10.1. The first-order valence-corrected chi connectivity index (χ1v) is 7.84. The zero-order valence-corrected chi connectivity index (χ0v) is 13.1. The molecule has 0 aliphatic heterocycles. The number of aromatic hydroxyl groups is 1. The van der Waals surface area contributed by atoms with E-state index in [2.05, 4.69) is 0 Å². The molecule has 0 saturated heterocycles. The highest BCUT2D eigenvalue weighted by molar-refractivity contribution is 5.51. The second-order valence-electron chi connectivity index (χ2n) is 7.33. The molecule has 1 aromatic carbocycles. The third-order valence-corrected chi connectivity index (χ3v) is 5.27. The first kappa shape index (κ1) is 17.4. The molecule has 3 rings (SSSR count). The maximum absolute atomic E-state index is 12.9. The van der Waals surface area contributed by atoms with Crippen LogP contribution in [0.3, 0.4) is 0 Å². The van der Waals surface area contributed by atoms with Gasteiger partial charge in [0.2, 0.25) is 0 Å². The number of phenolic OH excluding ortho intramolecular Hbond substituents is 1. The van der Waals surface area contributed by atoms with Crippen molar-refractivity contribution in [2.75, 3.05) is 0 Å². The van der Waals surface area contributed by atoms with Crippen LogP contribution in [0.25, 0.3) is 0 Å². The minimum absolute atomic E-state index is 0.147. The van der Waals surface area contributed by atoms with Gasteiger partial charge in [-0.1, -0.05) is 6.07 Å². The molecule has 2 aliphatic carbocycles. The molecule has 1 aromatic rings. The van der Waals surface area contributed by atoms with E-state index in [1.807, 2.05) is 0 Å². The van der Waals surface area contributed by atoms with Crippen LogP contribution in [0.5, 0.6) is 5.75 Å². The van der Waals surface area contributed by atoms with Crippen LogP contribution in [0.2, 0.25) is 0 Å². The Kier molecular flexibility index (Phi) is 3.67. The molecule has 0 atom stereocenters. The van der Waals surface area contributed by atoms with Crippen molar-refractivity contribution in [2.45, 2.75) is 68.6 Å². The highest BCUT2D eigenvalue weighted by Gasteiger charge is 2.55. The van der Waals surface area contributed by atoms with E-state index >= 15 is 0 Å². The summed E-state index contributed by atoms with van der Waals surface area (Å²) < 4.78 is 77.1. The fourth-order valence-electron chi connectivity index (χ4n) is 3.84. The zero-order chi connectivity index (χ0) is 18.0. The van der Waals surface area contributed by atoms with Crippen molar-refractivity contribution < 1.29 is 31.4 Å². The molecule has 0 heterocycles. The number of hydrogen-bond acceptors (Lipinski definition) is 1. The molecular weight excluding hydrogens is 334 g/mol. The number of alkyl halides is 6. The van der Waals surface area contributed by atoms with Crippen molar-refractivity contribution in [3.63, 3.8) is 0 Å². The Morgan fingerprint density at radius 2 is 1.25 bits per heavy atom. The van der Waals surface area contributed by atoms with Gasteiger partial charge >= 0.3 is 12.4 Å². The van der Waals surface area contributed by atoms with Crippen LogP contribution >= 0.6 is 0 Å². The molecule has 7 heteroatoms. The third-order valence-electron chi connectivity index (χ3n) is 5.27. The van der Waals surface area contributed by atoms with Crippen LogP contribution in [0.15, 0.2) is 12.1 Å². The Labute approximate surface area is 135 Å². The molecule has 0 radical (unpaired) electrons. The summed E-state index contributed by atoms with van der Waals surface area (Å²) in [6, 6.07) is 2.72. The largest absolute Gasteiger partial charge is 0.508 e. The Morgan fingerprint density at radius 3 is 1.62 bits per heavy atom. The summed E-state index contributed by atoms with van der Waals surface area (Å²) >= 11 is 0. The van der Waals surface area contributed by atoms with Gasteiger partial charge in [-0.3, -0.25) is 0 Å². The van der Waals surface area contributed by atoms with Crippen molar-refractivity contribution in [1.82, 2.24) is 0 Å². The van der Waals surface area contributed by atoms with Crippen LogP contribution in [-0.4, -0.2) is 17.5 Å². The summed E-state index contributed by atoms with van der Waals surface area (Å²) in [6.07, 6.45) is -9.43. The average molecular weight is 352 g/mol. The van der Waals surface area contributed by atoms with Crippen molar-refractivity contribution >= 4 is 0 Å². The molecule has 2 aliphatic rings. The third kappa shape index (κ3) is 3.35. The molecule has 0 bridgehead atoms. The van der Waals surface area contributed by atoms with Crippen molar-refractivity contribution in [2.24, 2.45) is 0 Å². The van der Waals surface area contributed by atoms with Gasteiger partial charge in [0.05, 0.1) is 12.8 Å². The molecule has 0 aromatic heterocycles. The second-order valence-corrected chi connectivity index (χ2v) is 7.33. The van der Waals surface area contributed by atoms with Gasteiger partial charge in [-0.25, -0.2) is 0 Å². The lowest BCUT2D eigenvalue weighted by atomic mass is 9.82. The first-order valence-electron chi connectivity index (χ1n) is 7.84. The normalized spacial score (nSPS) is 21.6. The fourth-order valence-corrected chi connectivity index (χ4v) is 3.84. The van der Waals surface area contributed by atoms with Crippen LogP contribution < -0.4 is 0 Å². The lowest BCUT2D eigenvalue weighted by Crippen LogP contribution is -2.22. The van der Waals surface area contributed by atoms with E-state index in [1.54, 1.807) is 6.92 Å². The smallest absolute Gasteiger partial charge is 0.389 e. The van der Waals surface area contributed by atoms with Gasteiger partial charge in [0.1, 0.15) is 5.75 Å². The quantitative estimate of drug-likeness (QED) is 0.693. The van der Waals surface area contributed by atoms with E-state index in [4.69, 9.17) is 0 Å². The summed E-state index contributed by atoms with van der Waals surface area (Å²) in [6.45, 7) is 1.60. The summed E-state index contributed by atoms with van der Waals surface area (Å²) in [7, 11) is 0. The minimum atomic E-state index is -4.38. The number of phenols is 1. The minimum Gasteiger partial charge on any atom is -0.508 e. The van der Waals surface area contributed by atoms with E-state index in [0.717, 1.165) is 0 Å². The predicted octanol–water partition coefficient (Wildman–Crippen LogP) is 5.67. The van der Waals surface area contributed by atoms with Gasteiger partial charge in [-0.05, 0) is 49.8 Å². The standard InChI is InChI=1S/C17H18F6O/c1-10-6-13(24)12(15(4-5-15)9-17(21,22)23)7-11(10)14(2-3-14)8-16(18,19)20/h6-7,24H,2-5,8-9H2,1H3. The van der Waals surface area contributed by atoms with Crippen LogP contribution in [0, 0.1) is 6.92 Å². The highest BCUT2D eigenvalue weighted by atomic mass is 19.4. The van der Waals surface area contributed by atoms with Crippen molar-refractivity contribution in [3.8, 4) is 5.75 Å². The Balaban J connectivity index is 1.99. The second kappa shape index (κ2) is 5.05. The molecule has 24 heavy (non-hydrogen) atoms. The maximum Gasteiger partial charge on any atom is 0.389 e. The van der Waals surface area contributed by atoms with Crippen LogP contribution in [0.4, 0.5) is 26.3 Å². The SMILES string of the molecule is Cc1cc(O)c(C2(CC(F)(F)F)CC2)cc1C1(CC(F)(F)F)CC1. The Bertz CT molecular complexity index is 597. The molecule has 0 amide bonds. The molecule has 2 fully saturated rings. The van der Waals surface area contributed by atoms with Crippen LogP contribution in [-0.2, 0) is 10.8 Å². The number of benzene rings is 1. The predicted molar refractivity (Wildman–Crippen MR) is 76.0 cm³/mol. The Hall–Kier alpha value is -1.40. The molecule has 1 N–H and O–H groups in total. The fraction of sp³-hybridized carbons (Fsp3) is 0.647. The van der Waals surface area contributed by atoms with E-state index in [9.17, 15) is 31.4 Å². The molecule has 134 valence electrons. The van der Waals surface area contributed by atoms with Crippen LogP contribution in [0.1, 0.15) is 55.2 Å².